The molecule has 1 saturated heterocycles. The van der Waals surface area contributed by atoms with Crippen LogP contribution < -0.4 is 10.1 Å². The van der Waals surface area contributed by atoms with Crippen molar-refractivity contribution in [1.29, 1.82) is 0 Å². The summed E-state index contributed by atoms with van der Waals surface area (Å²) < 4.78 is 5.66. The topological polar surface area (TPSA) is 58.6 Å². The highest BCUT2D eigenvalue weighted by molar-refractivity contribution is 5.94. The zero-order chi connectivity index (χ0) is 19.3. The van der Waals surface area contributed by atoms with Crippen LogP contribution in [-0.2, 0) is 16.1 Å². The van der Waals surface area contributed by atoms with E-state index in [1.165, 1.54) is 0 Å². The average molecular weight is 360 g/mol. The fourth-order valence-electron chi connectivity index (χ4n) is 3.19. The summed E-state index contributed by atoms with van der Waals surface area (Å²) in [6, 6.07) is 7.74. The molecular weight excluding hydrogens is 328 g/mol. The van der Waals surface area contributed by atoms with Crippen LogP contribution in [0, 0.1) is 5.92 Å². The standard InChI is InChI=1S/C21H32N2O3/c1-15(2)11-13-22-20(25)21(5)12-10-19(24)23(21)14-17-6-8-18(9-7-17)26-16(3)4/h6-9,15-16H,10-14H2,1-5H3,(H,22,25)/t21-/m1/s1. The first kappa shape index (κ1) is 20.3. The molecule has 1 heterocycles. The van der Waals surface area contributed by atoms with Gasteiger partial charge in [-0.25, -0.2) is 0 Å². The van der Waals surface area contributed by atoms with Crippen molar-refractivity contribution < 1.29 is 14.3 Å². The molecule has 26 heavy (non-hydrogen) atoms. The lowest BCUT2D eigenvalue weighted by Crippen LogP contribution is -2.54. The Balaban J connectivity index is 2.05. The number of benzene rings is 1. The maximum atomic E-state index is 12.7. The van der Waals surface area contributed by atoms with Crippen LogP contribution in [0.5, 0.6) is 5.75 Å². The summed E-state index contributed by atoms with van der Waals surface area (Å²) >= 11 is 0. The van der Waals surface area contributed by atoms with Gasteiger partial charge in [-0.15, -0.1) is 0 Å². The number of carbonyl (C=O) groups excluding carboxylic acids is 2. The summed E-state index contributed by atoms with van der Waals surface area (Å²) in [5.41, 5.74) is 0.221. The van der Waals surface area contributed by atoms with E-state index in [1.807, 2.05) is 45.0 Å². The molecule has 2 amide bonds. The van der Waals surface area contributed by atoms with E-state index in [0.717, 1.165) is 17.7 Å². The summed E-state index contributed by atoms with van der Waals surface area (Å²) in [7, 11) is 0. The number of ether oxygens (including phenoxy) is 1. The highest BCUT2D eigenvalue weighted by Crippen LogP contribution is 2.32. The van der Waals surface area contributed by atoms with Crippen molar-refractivity contribution in [3.05, 3.63) is 29.8 Å². The molecule has 0 unspecified atom stereocenters. The number of likely N-dealkylation sites (tertiary alicyclic amines) is 1. The minimum Gasteiger partial charge on any atom is -0.491 e. The van der Waals surface area contributed by atoms with Crippen molar-refractivity contribution in [2.45, 2.75) is 72.1 Å². The van der Waals surface area contributed by atoms with E-state index in [2.05, 4.69) is 19.2 Å². The van der Waals surface area contributed by atoms with Gasteiger partial charge in [-0.05, 0) is 57.2 Å². The molecule has 1 fully saturated rings. The van der Waals surface area contributed by atoms with Gasteiger partial charge >= 0.3 is 0 Å². The molecule has 0 aliphatic carbocycles. The third-order valence-corrected chi connectivity index (χ3v) is 4.85. The molecule has 1 aliphatic rings. The fraction of sp³-hybridized carbons (Fsp3) is 0.619. The number of hydrogen-bond donors (Lipinski definition) is 1. The van der Waals surface area contributed by atoms with Crippen LogP contribution in [0.4, 0.5) is 0 Å². The fourth-order valence-corrected chi connectivity index (χ4v) is 3.19. The zero-order valence-electron chi connectivity index (χ0n) is 16.7. The SMILES string of the molecule is CC(C)CCNC(=O)[C@@]1(C)CCC(=O)N1Cc1ccc(OC(C)C)cc1. The lowest BCUT2D eigenvalue weighted by Gasteiger charge is -2.34. The number of nitrogens with one attached hydrogen (secondary N) is 1. The average Bonchev–Trinajstić information content (AvgIpc) is 2.85. The van der Waals surface area contributed by atoms with E-state index >= 15 is 0 Å². The van der Waals surface area contributed by atoms with Gasteiger partial charge in [-0.3, -0.25) is 9.59 Å². The molecule has 0 spiro atoms. The Hall–Kier alpha value is -2.04. The predicted octanol–water partition coefficient (Wildman–Crippen LogP) is 3.52. The molecule has 1 aliphatic heterocycles. The summed E-state index contributed by atoms with van der Waals surface area (Å²) in [4.78, 5) is 26.9. The molecule has 0 bridgehead atoms. The first-order chi connectivity index (χ1) is 12.2. The second-order valence-electron chi connectivity index (χ2n) is 8.00. The summed E-state index contributed by atoms with van der Waals surface area (Å²) in [5, 5.41) is 3.01. The molecule has 1 aromatic rings. The molecule has 144 valence electrons. The minimum absolute atomic E-state index is 0.0361. The molecule has 0 saturated carbocycles. The van der Waals surface area contributed by atoms with Gasteiger partial charge in [-0.1, -0.05) is 26.0 Å². The lowest BCUT2D eigenvalue weighted by molar-refractivity contribution is -0.141. The van der Waals surface area contributed by atoms with E-state index < -0.39 is 5.54 Å². The summed E-state index contributed by atoms with van der Waals surface area (Å²) in [6.45, 7) is 11.2. The van der Waals surface area contributed by atoms with E-state index in [0.29, 0.717) is 31.8 Å². The third-order valence-electron chi connectivity index (χ3n) is 4.85. The normalized spacial score (nSPS) is 20.1. The van der Waals surface area contributed by atoms with Crippen LogP contribution in [0.25, 0.3) is 0 Å². The molecule has 5 heteroatoms. The van der Waals surface area contributed by atoms with Crippen molar-refractivity contribution in [3.63, 3.8) is 0 Å². The molecule has 2 rings (SSSR count). The molecule has 0 radical (unpaired) electrons. The highest BCUT2D eigenvalue weighted by Gasteiger charge is 2.46. The third kappa shape index (κ3) is 4.99. The lowest BCUT2D eigenvalue weighted by atomic mass is 9.96. The van der Waals surface area contributed by atoms with Crippen molar-refractivity contribution in [2.24, 2.45) is 5.92 Å². The highest BCUT2D eigenvalue weighted by atomic mass is 16.5. The Labute approximate surface area is 157 Å². The van der Waals surface area contributed by atoms with E-state index in [-0.39, 0.29) is 17.9 Å². The Morgan fingerprint density at radius 1 is 1.23 bits per heavy atom. The number of rotatable bonds is 8. The number of hydrogen-bond acceptors (Lipinski definition) is 3. The Morgan fingerprint density at radius 3 is 2.46 bits per heavy atom. The maximum Gasteiger partial charge on any atom is 0.245 e. The smallest absolute Gasteiger partial charge is 0.245 e. The van der Waals surface area contributed by atoms with Crippen LogP contribution >= 0.6 is 0 Å². The second kappa shape index (κ2) is 8.56. The maximum absolute atomic E-state index is 12.7. The first-order valence-electron chi connectivity index (χ1n) is 9.56. The van der Waals surface area contributed by atoms with Gasteiger partial charge in [0, 0.05) is 19.5 Å². The largest absolute Gasteiger partial charge is 0.491 e. The second-order valence-corrected chi connectivity index (χ2v) is 8.00. The quantitative estimate of drug-likeness (QED) is 0.772. The van der Waals surface area contributed by atoms with Crippen LogP contribution in [0.2, 0.25) is 0 Å². The Kier molecular flexibility index (Phi) is 6.68. The summed E-state index contributed by atoms with van der Waals surface area (Å²) in [6.07, 6.45) is 2.04. The predicted molar refractivity (Wildman–Crippen MR) is 103 cm³/mol. The van der Waals surface area contributed by atoms with Gasteiger partial charge in [0.1, 0.15) is 11.3 Å². The molecule has 1 aromatic carbocycles. The summed E-state index contributed by atoms with van der Waals surface area (Å²) in [5.74, 6) is 1.33. The van der Waals surface area contributed by atoms with Gasteiger partial charge in [0.05, 0.1) is 6.10 Å². The van der Waals surface area contributed by atoms with Crippen LogP contribution in [0.15, 0.2) is 24.3 Å². The van der Waals surface area contributed by atoms with Gasteiger partial charge in [0.2, 0.25) is 11.8 Å². The Morgan fingerprint density at radius 2 is 1.88 bits per heavy atom. The zero-order valence-corrected chi connectivity index (χ0v) is 16.7. The van der Waals surface area contributed by atoms with Gasteiger partial charge in [0.15, 0.2) is 0 Å². The van der Waals surface area contributed by atoms with Crippen LogP contribution in [0.3, 0.4) is 0 Å². The minimum atomic E-state index is -0.777. The molecule has 5 nitrogen and oxygen atoms in total. The molecule has 1 N–H and O–H groups in total. The number of nitrogens with zero attached hydrogens (tertiary/aromatic N) is 1. The van der Waals surface area contributed by atoms with E-state index in [9.17, 15) is 9.59 Å². The van der Waals surface area contributed by atoms with E-state index in [4.69, 9.17) is 4.74 Å². The van der Waals surface area contributed by atoms with Crippen molar-refractivity contribution in [3.8, 4) is 5.75 Å². The first-order valence-corrected chi connectivity index (χ1v) is 9.56. The van der Waals surface area contributed by atoms with E-state index in [1.54, 1.807) is 4.90 Å². The van der Waals surface area contributed by atoms with Gasteiger partial charge in [-0.2, -0.15) is 0 Å². The van der Waals surface area contributed by atoms with Crippen molar-refractivity contribution >= 4 is 11.8 Å². The van der Waals surface area contributed by atoms with Gasteiger partial charge in [0.25, 0.3) is 0 Å². The molecular formula is C21H32N2O3. The Bertz CT molecular complexity index is 625. The monoisotopic (exact) mass is 360 g/mol. The van der Waals surface area contributed by atoms with Crippen molar-refractivity contribution in [1.82, 2.24) is 10.2 Å². The molecule has 0 aromatic heterocycles. The number of carbonyl (C=O) groups is 2. The molecule has 1 atom stereocenters. The van der Waals surface area contributed by atoms with Crippen molar-refractivity contribution in [2.75, 3.05) is 6.54 Å². The van der Waals surface area contributed by atoms with Gasteiger partial charge < -0.3 is 15.0 Å². The number of amides is 2. The van der Waals surface area contributed by atoms with Crippen LogP contribution in [0.1, 0.15) is 59.4 Å². The van der Waals surface area contributed by atoms with Crippen LogP contribution in [-0.4, -0.2) is 34.9 Å².